The fourth-order valence-corrected chi connectivity index (χ4v) is 2.66. The molecule has 3 aromatic rings. The smallest absolute Gasteiger partial charge is 0.356 e. The quantitative estimate of drug-likeness (QED) is 0.789. The number of fused-ring (bicyclic) bond motifs is 1. The van der Waals surface area contributed by atoms with Crippen molar-refractivity contribution in [3.8, 4) is 11.3 Å². The number of aromatic carboxylic acids is 1. The second kappa shape index (κ2) is 4.38. The Bertz CT molecular complexity index is 832. The lowest BCUT2D eigenvalue weighted by atomic mass is 10.1. The molecule has 0 saturated carbocycles. The number of benzene rings is 1. The lowest BCUT2D eigenvalue weighted by Gasteiger charge is -2.06. The monoisotopic (exact) mass is 289 g/mol. The number of carbonyl (C=O) groups is 1. The summed E-state index contributed by atoms with van der Waals surface area (Å²) in [5.74, 6) is -1.05. The number of halogens is 1. The number of hydrogen-bond donors (Lipinski definition) is 1. The molecular weight excluding hydrogens is 278 g/mol. The van der Waals surface area contributed by atoms with E-state index in [0.29, 0.717) is 10.7 Å². The van der Waals surface area contributed by atoms with Crippen molar-refractivity contribution in [1.82, 2.24) is 14.3 Å². The minimum Gasteiger partial charge on any atom is -0.476 e. The molecule has 0 aliphatic rings. The van der Waals surface area contributed by atoms with Gasteiger partial charge in [0.25, 0.3) is 0 Å². The topological polar surface area (TPSA) is 60.1 Å². The SMILES string of the molecule is Cn1nc(C(=O)O)cc1-c1ccc2c(ccn2C)c1Cl. The Morgan fingerprint density at radius 3 is 2.70 bits per heavy atom. The van der Waals surface area contributed by atoms with Crippen LogP contribution < -0.4 is 0 Å². The van der Waals surface area contributed by atoms with E-state index in [0.717, 1.165) is 16.5 Å². The summed E-state index contributed by atoms with van der Waals surface area (Å²) in [5.41, 5.74) is 2.48. The summed E-state index contributed by atoms with van der Waals surface area (Å²) < 4.78 is 3.51. The Labute approximate surface area is 120 Å². The average molecular weight is 290 g/mol. The Hall–Kier alpha value is -2.27. The van der Waals surface area contributed by atoms with Gasteiger partial charge in [-0.3, -0.25) is 4.68 Å². The number of aryl methyl sites for hydroxylation is 2. The van der Waals surface area contributed by atoms with Crippen molar-refractivity contribution in [2.45, 2.75) is 0 Å². The van der Waals surface area contributed by atoms with Gasteiger partial charge in [0, 0.05) is 36.8 Å². The Morgan fingerprint density at radius 2 is 2.05 bits per heavy atom. The highest BCUT2D eigenvalue weighted by molar-refractivity contribution is 6.38. The maximum atomic E-state index is 11.0. The highest BCUT2D eigenvalue weighted by Gasteiger charge is 2.16. The van der Waals surface area contributed by atoms with E-state index in [4.69, 9.17) is 16.7 Å². The maximum absolute atomic E-state index is 11.0. The van der Waals surface area contributed by atoms with Crippen LogP contribution in [0.2, 0.25) is 5.02 Å². The van der Waals surface area contributed by atoms with Crippen molar-refractivity contribution >= 4 is 28.5 Å². The average Bonchev–Trinajstić information content (AvgIpc) is 2.95. The Balaban J connectivity index is 2.24. The number of hydrogen-bond acceptors (Lipinski definition) is 2. The van der Waals surface area contributed by atoms with E-state index >= 15 is 0 Å². The highest BCUT2D eigenvalue weighted by Crippen LogP contribution is 2.34. The zero-order valence-electron chi connectivity index (χ0n) is 11.0. The first-order valence-electron chi connectivity index (χ1n) is 6.00. The third-order valence-corrected chi connectivity index (χ3v) is 3.78. The number of carboxylic acid groups (broad SMARTS) is 1. The molecule has 0 radical (unpaired) electrons. The van der Waals surface area contributed by atoms with Crippen LogP contribution in [0.5, 0.6) is 0 Å². The minimum atomic E-state index is -1.05. The first-order chi connectivity index (χ1) is 9.49. The van der Waals surface area contributed by atoms with Crippen LogP contribution >= 0.6 is 11.6 Å². The van der Waals surface area contributed by atoms with Crippen molar-refractivity contribution < 1.29 is 9.90 Å². The van der Waals surface area contributed by atoms with Crippen molar-refractivity contribution in [2.75, 3.05) is 0 Å². The zero-order chi connectivity index (χ0) is 14.4. The fourth-order valence-electron chi connectivity index (χ4n) is 2.34. The fraction of sp³-hybridized carbons (Fsp3) is 0.143. The van der Waals surface area contributed by atoms with Crippen molar-refractivity contribution in [1.29, 1.82) is 0 Å². The van der Waals surface area contributed by atoms with Crippen LogP contribution in [0.3, 0.4) is 0 Å². The number of nitrogens with zero attached hydrogens (tertiary/aromatic N) is 3. The van der Waals surface area contributed by atoms with Gasteiger partial charge in [0.15, 0.2) is 5.69 Å². The molecule has 2 aromatic heterocycles. The summed E-state index contributed by atoms with van der Waals surface area (Å²) in [6, 6.07) is 7.31. The zero-order valence-corrected chi connectivity index (χ0v) is 11.7. The van der Waals surface area contributed by atoms with E-state index in [-0.39, 0.29) is 5.69 Å². The predicted octanol–water partition coefficient (Wildman–Crippen LogP) is 2.93. The summed E-state index contributed by atoms with van der Waals surface area (Å²) >= 11 is 6.45. The minimum absolute atomic E-state index is 0.00623. The lowest BCUT2D eigenvalue weighted by Crippen LogP contribution is -1.99. The molecule has 0 fully saturated rings. The van der Waals surface area contributed by atoms with Crippen LogP contribution in [0.15, 0.2) is 30.5 Å². The van der Waals surface area contributed by atoms with Crippen LogP contribution in [0.25, 0.3) is 22.2 Å². The van der Waals surface area contributed by atoms with Gasteiger partial charge in [-0.05, 0) is 24.3 Å². The molecular formula is C14H12ClN3O2. The molecule has 0 amide bonds. The van der Waals surface area contributed by atoms with Crippen LogP contribution in [0.1, 0.15) is 10.5 Å². The van der Waals surface area contributed by atoms with Gasteiger partial charge in [0.2, 0.25) is 0 Å². The highest BCUT2D eigenvalue weighted by atomic mass is 35.5. The standard InChI is InChI=1S/C14H12ClN3O2/c1-17-6-5-9-11(17)4-3-8(13(9)15)12-7-10(14(19)20)16-18(12)2/h3-7H,1-2H3,(H,19,20). The first-order valence-corrected chi connectivity index (χ1v) is 6.38. The van der Waals surface area contributed by atoms with E-state index < -0.39 is 5.97 Å². The molecule has 6 heteroatoms. The molecule has 3 rings (SSSR count). The number of rotatable bonds is 2. The van der Waals surface area contributed by atoms with E-state index in [2.05, 4.69) is 5.10 Å². The van der Waals surface area contributed by atoms with Crippen molar-refractivity contribution in [2.24, 2.45) is 14.1 Å². The summed E-state index contributed by atoms with van der Waals surface area (Å²) in [4.78, 5) is 11.0. The van der Waals surface area contributed by atoms with Crippen molar-refractivity contribution in [3.63, 3.8) is 0 Å². The molecule has 0 unspecified atom stereocenters. The van der Waals surface area contributed by atoms with Gasteiger partial charge < -0.3 is 9.67 Å². The molecule has 5 nitrogen and oxygen atoms in total. The largest absolute Gasteiger partial charge is 0.476 e. The van der Waals surface area contributed by atoms with Gasteiger partial charge in [0.05, 0.1) is 10.7 Å². The molecule has 2 heterocycles. The molecule has 102 valence electrons. The van der Waals surface area contributed by atoms with Crippen LogP contribution in [-0.2, 0) is 14.1 Å². The Morgan fingerprint density at radius 1 is 1.30 bits per heavy atom. The van der Waals surface area contributed by atoms with Crippen LogP contribution in [-0.4, -0.2) is 25.4 Å². The molecule has 1 N–H and O–H groups in total. The second-order valence-electron chi connectivity index (χ2n) is 4.63. The Kier molecular flexibility index (Phi) is 2.79. The molecule has 0 aliphatic heterocycles. The molecule has 0 aliphatic carbocycles. The van der Waals surface area contributed by atoms with Crippen LogP contribution in [0.4, 0.5) is 0 Å². The van der Waals surface area contributed by atoms with Gasteiger partial charge in [-0.2, -0.15) is 5.10 Å². The van der Waals surface area contributed by atoms with Crippen LogP contribution in [0, 0.1) is 0 Å². The van der Waals surface area contributed by atoms with Crippen molar-refractivity contribution in [3.05, 3.63) is 41.2 Å². The molecule has 0 saturated heterocycles. The van der Waals surface area contributed by atoms with Gasteiger partial charge in [-0.15, -0.1) is 0 Å². The second-order valence-corrected chi connectivity index (χ2v) is 5.01. The van der Waals surface area contributed by atoms with Gasteiger partial charge in [-0.25, -0.2) is 4.79 Å². The van der Waals surface area contributed by atoms with E-state index in [9.17, 15) is 4.79 Å². The van der Waals surface area contributed by atoms with E-state index in [1.165, 1.54) is 10.7 Å². The van der Waals surface area contributed by atoms with Gasteiger partial charge >= 0.3 is 5.97 Å². The number of carboxylic acids is 1. The summed E-state index contributed by atoms with van der Waals surface area (Å²) in [6.45, 7) is 0. The third-order valence-electron chi connectivity index (χ3n) is 3.38. The molecule has 0 atom stereocenters. The lowest BCUT2D eigenvalue weighted by molar-refractivity contribution is 0.0689. The summed E-state index contributed by atoms with van der Waals surface area (Å²) in [7, 11) is 3.65. The summed E-state index contributed by atoms with van der Waals surface area (Å²) in [5, 5.41) is 14.5. The summed E-state index contributed by atoms with van der Waals surface area (Å²) in [6.07, 6.45) is 1.94. The number of aromatic nitrogens is 3. The molecule has 1 aromatic carbocycles. The molecule has 0 spiro atoms. The van der Waals surface area contributed by atoms with E-state index in [1.807, 2.05) is 36.0 Å². The predicted molar refractivity (Wildman–Crippen MR) is 77.1 cm³/mol. The normalized spacial score (nSPS) is 11.2. The molecule has 0 bridgehead atoms. The van der Waals surface area contributed by atoms with Gasteiger partial charge in [-0.1, -0.05) is 11.6 Å². The van der Waals surface area contributed by atoms with E-state index in [1.54, 1.807) is 7.05 Å². The molecule has 20 heavy (non-hydrogen) atoms. The first kappa shape index (κ1) is 12.7. The third kappa shape index (κ3) is 1.78. The maximum Gasteiger partial charge on any atom is 0.356 e. The van der Waals surface area contributed by atoms with Gasteiger partial charge in [0.1, 0.15) is 0 Å².